The molecular weight excluding hydrogens is 509 g/mol. The Kier molecular flexibility index (Phi) is 7.57. The Balaban J connectivity index is 1.30. The summed E-state index contributed by atoms with van der Waals surface area (Å²) < 4.78 is 21.1. The lowest BCUT2D eigenvalue weighted by Crippen LogP contribution is -2.15. The van der Waals surface area contributed by atoms with Crippen molar-refractivity contribution in [1.29, 1.82) is 0 Å². The van der Waals surface area contributed by atoms with E-state index in [1.807, 2.05) is 77.5 Å². The van der Waals surface area contributed by atoms with Crippen LogP contribution in [-0.2, 0) is 4.79 Å². The predicted octanol–water partition coefficient (Wildman–Crippen LogP) is 6.40. The number of nitrogens with zero attached hydrogens (tertiary/aromatic N) is 4. The summed E-state index contributed by atoms with van der Waals surface area (Å²) in [6.07, 6.45) is -0.479. The van der Waals surface area contributed by atoms with Gasteiger partial charge in [-0.05, 0) is 43.3 Å². The number of thiazole rings is 1. The molecule has 0 saturated carbocycles. The van der Waals surface area contributed by atoms with Crippen LogP contribution in [0.3, 0.4) is 0 Å². The van der Waals surface area contributed by atoms with Crippen LogP contribution < -0.4 is 10.1 Å². The Bertz CT molecular complexity index is 1470. The maximum atomic E-state index is 13.3. The number of aromatic nitrogens is 4. The van der Waals surface area contributed by atoms with Gasteiger partial charge in [0.2, 0.25) is 5.91 Å². The first-order valence-corrected chi connectivity index (χ1v) is 13.3. The second-order valence-corrected chi connectivity index (χ2v) is 9.77. The summed E-state index contributed by atoms with van der Waals surface area (Å²) in [5.41, 5.74) is 2.65. The fraction of sp³-hybridized carbons (Fsp3) is 0.111. The molecule has 0 radical (unpaired) electrons. The molecule has 1 amide bonds. The van der Waals surface area contributed by atoms with E-state index in [1.165, 1.54) is 35.2 Å². The van der Waals surface area contributed by atoms with Crippen molar-refractivity contribution in [3.8, 4) is 22.7 Å². The summed E-state index contributed by atoms with van der Waals surface area (Å²) in [7, 11) is 0. The molecule has 1 atom stereocenters. The van der Waals surface area contributed by atoms with Crippen molar-refractivity contribution in [2.24, 2.45) is 0 Å². The van der Waals surface area contributed by atoms with Gasteiger partial charge < -0.3 is 10.1 Å². The molecule has 5 aromatic rings. The number of amides is 1. The van der Waals surface area contributed by atoms with Crippen LogP contribution in [0.15, 0.2) is 95.5 Å². The number of thioether (sulfide) groups is 1. The van der Waals surface area contributed by atoms with Gasteiger partial charge in [0.25, 0.3) is 0 Å². The average Bonchev–Trinajstić information content (AvgIpc) is 3.57. The molecule has 37 heavy (non-hydrogen) atoms. The maximum Gasteiger partial charge on any atom is 0.236 e. The number of nitrogens with one attached hydrogen (secondary N) is 1. The molecule has 0 aliphatic carbocycles. The zero-order valence-corrected chi connectivity index (χ0v) is 21.4. The Hall–Kier alpha value is -4.02. The molecule has 5 rings (SSSR count). The third-order valence-corrected chi connectivity index (χ3v) is 7.00. The normalized spacial score (nSPS) is 11.7. The fourth-order valence-corrected chi connectivity index (χ4v) is 5.08. The molecule has 0 saturated heterocycles. The van der Waals surface area contributed by atoms with Crippen molar-refractivity contribution >= 4 is 34.1 Å². The van der Waals surface area contributed by atoms with Gasteiger partial charge in [0.05, 0.1) is 11.4 Å². The SMILES string of the molecule is CC(Oc1ccc(F)cc1)c1nnc(SCC(=O)Nc2nc(-c3ccccc3)cs2)n1-c1ccccc1. The number of ether oxygens (including phenoxy) is 1. The van der Waals surface area contributed by atoms with Crippen LogP contribution in [0.4, 0.5) is 9.52 Å². The smallest absolute Gasteiger partial charge is 0.236 e. The minimum absolute atomic E-state index is 0.123. The Morgan fingerprint density at radius 3 is 2.46 bits per heavy atom. The molecule has 10 heteroatoms. The summed E-state index contributed by atoms with van der Waals surface area (Å²) in [6, 6.07) is 25.2. The molecule has 2 aromatic heterocycles. The predicted molar refractivity (Wildman–Crippen MR) is 144 cm³/mol. The molecule has 7 nitrogen and oxygen atoms in total. The van der Waals surface area contributed by atoms with Crippen LogP contribution in [0.25, 0.3) is 16.9 Å². The lowest BCUT2D eigenvalue weighted by molar-refractivity contribution is -0.113. The Morgan fingerprint density at radius 1 is 1.03 bits per heavy atom. The molecule has 0 aliphatic heterocycles. The van der Waals surface area contributed by atoms with Gasteiger partial charge >= 0.3 is 0 Å². The first-order chi connectivity index (χ1) is 18.1. The Morgan fingerprint density at radius 2 is 1.73 bits per heavy atom. The first kappa shape index (κ1) is 24.7. The minimum Gasteiger partial charge on any atom is -0.483 e. The number of carbonyl (C=O) groups excluding carboxylic acids is 1. The number of benzene rings is 3. The zero-order chi connectivity index (χ0) is 25.6. The molecule has 0 fully saturated rings. The molecular formula is C27H22FN5O2S2. The summed E-state index contributed by atoms with van der Waals surface area (Å²) in [4.78, 5) is 17.2. The molecule has 0 aliphatic rings. The quantitative estimate of drug-likeness (QED) is 0.222. The summed E-state index contributed by atoms with van der Waals surface area (Å²) >= 11 is 2.65. The second kappa shape index (κ2) is 11.4. The van der Waals surface area contributed by atoms with E-state index >= 15 is 0 Å². The summed E-state index contributed by atoms with van der Waals surface area (Å²) in [6.45, 7) is 1.85. The topological polar surface area (TPSA) is 81.9 Å². The van der Waals surface area contributed by atoms with Crippen LogP contribution >= 0.6 is 23.1 Å². The van der Waals surface area contributed by atoms with Gasteiger partial charge in [-0.2, -0.15) is 0 Å². The van der Waals surface area contributed by atoms with Gasteiger partial charge in [-0.3, -0.25) is 9.36 Å². The standard InChI is InChI=1S/C27H22FN5O2S2/c1-18(35-22-14-12-20(28)13-15-22)25-31-32-27(33(25)21-10-6-3-7-11-21)37-17-24(34)30-26-29-23(16-36-26)19-8-4-2-5-9-19/h2-16,18H,17H2,1H3,(H,29,30,34). The van der Waals surface area contributed by atoms with Crippen molar-refractivity contribution in [3.63, 3.8) is 0 Å². The molecule has 0 spiro atoms. The summed E-state index contributed by atoms with van der Waals surface area (Å²) in [5.74, 6) is 0.671. The highest BCUT2D eigenvalue weighted by molar-refractivity contribution is 7.99. The van der Waals surface area contributed by atoms with E-state index < -0.39 is 6.10 Å². The van der Waals surface area contributed by atoms with Gasteiger partial charge in [0, 0.05) is 16.6 Å². The van der Waals surface area contributed by atoms with Gasteiger partial charge in [-0.1, -0.05) is 60.3 Å². The van der Waals surface area contributed by atoms with E-state index in [2.05, 4.69) is 20.5 Å². The monoisotopic (exact) mass is 531 g/mol. The van der Waals surface area contributed by atoms with E-state index in [9.17, 15) is 9.18 Å². The lowest BCUT2D eigenvalue weighted by Gasteiger charge is -2.16. The van der Waals surface area contributed by atoms with Crippen LogP contribution in [0.1, 0.15) is 18.9 Å². The van der Waals surface area contributed by atoms with Crippen LogP contribution in [0, 0.1) is 5.82 Å². The van der Waals surface area contributed by atoms with Gasteiger partial charge in [0.1, 0.15) is 11.6 Å². The molecule has 2 heterocycles. The Labute approximate surface area is 221 Å². The van der Waals surface area contributed by atoms with E-state index in [0.717, 1.165) is 16.9 Å². The number of rotatable bonds is 9. The van der Waals surface area contributed by atoms with E-state index in [1.54, 1.807) is 12.1 Å². The van der Waals surface area contributed by atoms with Crippen LogP contribution in [0.5, 0.6) is 5.75 Å². The highest BCUT2D eigenvalue weighted by Gasteiger charge is 2.22. The highest BCUT2D eigenvalue weighted by atomic mass is 32.2. The maximum absolute atomic E-state index is 13.3. The zero-order valence-electron chi connectivity index (χ0n) is 19.7. The number of hydrogen-bond donors (Lipinski definition) is 1. The minimum atomic E-state index is -0.479. The largest absolute Gasteiger partial charge is 0.483 e. The van der Waals surface area contributed by atoms with Gasteiger partial charge in [0.15, 0.2) is 22.2 Å². The first-order valence-electron chi connectivity index (χ1n) is 11.4. The van der Waals surface area contributed by atoms with Crippen molar-refractivity contribution in [2.75, 3.05) is 11.1 Å². The van der Waals surface area contributed by atoms with E-state index in [4.69, 9.17) is 4.74 Å². The number of hydrogen-bond acceptors (Lipinski definition) is 7. The van der Waals surface area contributed by atoms with Crippen molar-refractivity contribution in [1.82, 2.24) is 19.7 Å². The molecule has 0 bridgehead atoms. The van der Waals surface area contributed by atoms with E-state index in [-0.39, 0.29) is 17.5 Å². The highest BCUT2D eigenvalue weighted by Crippen LogP contribution is 2.29. The summed E-state index contributed by atoms with van der Waals surface area (Å²) in [5, 5.41) is 14.6. The van der Waals surface area contributed by atoms with Crippen molar-refractivity contribution in [3.05, 3.63) is 102 Å². The third-order valence-electron chi connectivity index (χ3n) is 5.32. The number of anilines is 1. The fourth-order valence-electron chi connectivity index (χ4n) is 3.59. The van der Waals surface area contributed by atoms with E-state index in [0.29, 0.717) is 21.9 Å². The second-order valence-electron chi connectivity index (χ2n) is 7.97. The van der Waals surface area contributed by atoms with Crippen molar-refractivity contribution < 1.29 is 13.9 Å². The molecule has 1 N–H and O–H groups in total. The lowest BCUT2D eigenvalue weighted by atomic mass is 10.2. The van der Waals surface area contributed by atoms with Crippen LogP contribution in [-0.4, -0.2) is 31.4 Å². The number of halogens is 1. The molecule has 3 aromatic carbocycles. The van der Waals surface area contributed by atoms with Crippen molar-refractivity contribution in [2.45, 2.75) is 18.2 Å². The van der Waals surface area contributed by atoms with Gasteiger partial charge in [-0.25, -0.2) is 9.37 Å². The number of para-hydroxylation sites is 1. The van der Waals surface area contributed by atoms with Gasteiger partial charge in [-0.15, -0.1) is 21.5 Å². The third kappa shape index (κ3) is 6.04. The number of carbonyl (C=O) groups is 1. The molecule has 1 unspecified atom stereocenters. The van der Waals surface area contributed by atoms with Crippen LogP contribution in [0.2, 0.25) is 0 Å². The molecule has 186 valence electrons. The average molecular weight is 532 g/mol.